The van der Waals surface area contributed by atoms with E-state index in [-0.39, 0.29) is 12.5 Å². The van der Waals surface area contributed by atoms with Crippen molar-refractivity contribution in [3.63, 3.8) is 0 Å². The van der Waals surface area contributed by atoms with Gasteiger partial charge in [0.1, 0.15) is 12.2 Å². The van der Waals surface area contributed by atoms with Gasteiger partial charge in [-0.15, -0.1) is 0 Å². The van der Waals surface area contributed by atoms with E-state index in [1.165, 1.54) is 7.11 Å². The van der Waals surface area contributed by atoms with Crippen molar-refractivity contribution in [1.82, 2.24) is 0 Å². The summed E-state index contributed by atoms with van der Waals surface area (Å²) in [6.45, 7) is 3.10. The highest BCUT2D eigenvalue weighted by molar-refractivity contribution is 6.33. The van der Waals surface area contributed by atoms with Crippen LogP contribution in [0.25, 0.3) is 0 Å². The molecule has 0 aliphatic heterocycles. The minimum atomic E-state index is -0.948. The van der Waals surface area contributed by atoms with Crippen LogP contribution in [0.1, 0.15) is 19.4 Å². The summed E-state index contributed by atoms with van der Waals surface area (Å²) in [5, 5.41) is 11.8. The van der Waals surface area contributed by atoms with E-state index in [0.717, 1.165) is 0 Å². The lowest BCUT2D eigenvalue weighted by molar-refractivity contribution is -0.133. The van der Waals surface area contributed by atoms with Crippen LogP contribution in [0.3, 0.4) is 0 Å². The molecule has 102 valence electrons. The number of amides is 1. The second kappa shape index (κ2) is 6.58. The van der Waals surface area contributed by atoms with E-state index >= 15 is 0 Å². The molecule has 0 aliphatic carbocycles. The van der Waals surface area contributed by atoms with Crippen molar-refractivity contribution in [2.45, 2.75) is 19.4 Å². The van der Waals surface area contributed by atoms with Crippen molar-refractivity contribution >= 4 is 23.2 Å². The van der Waals surface area contributed by atoms with Crippen molar-refractivity contribution in [1.29, 1.82) is 0 Å². The number of hydrogen-bond donors (Lipinski definition) is 2. The topological polar surface area (TPSA) is 58.6 Å². The number of hydrogen-bond acceptors (Lipinski definition) is 3. The van der Waals surface area contributed by atoms with Crippen LogP contribution in [-0.4, -0.2) is 30.3 Å². The van der Waals surface area contributed by atoms with E-state index in [0.29, 0.717) is 16.3 Å². The second-order valence-electron chi connectivity index (χ2n) is 4.32. The van der Waals surface area contributed by atoms with Crippen LogP contribution in [0.4, 0.5) is 5.69 Å². The van der Waals surface area contributed by atoms with Gasteiger partial charge in [-0.1, -0.05) is 23.4 Å². The number of benzene rings is 1. The lowest BCUT2D eigenvalue weighted by atomic mass is 10.1. The Balaban J connectivity index is 2.98. The van der Waals surface area contributed by atoms with E-state index in [2.05, 4.69) is 17.2 Å². The Labute approximate surface area is 117 Å². The fraction of sp³-hybridized carbons (Fsp3) is 0.357. The largest absolute Gasteiger partial charge is 0.384 e. The van der Waals surface area contributed by atoms with Crippen molar-refractivity contribution in [2.75, 3.05) is 19.0 Å². The molecule has 0 heterocycles. The molecule has 0 saturated heterocycles. The predicted molar refractivity (Wildman–Crippen MR) is 75.1 cm³/mol. The van der Waals surface area contributed by atoms with Crippen LogP contribution < -0.4 is 5.32 Å². The van der Waals surface area contributed by atoms with Crippen molar-refractivity contribution in [2.24, 2.45) is 0 Å². The predicted octanol–water partition coefficient (Wildman–Crippen LogP) is 2.05. The average molecular weight is 282 g/mol. The summed E-state index contributed by atoms with van der Waals surface area (Å²) in [5.41, 5.74) is 0.168. The van der Waals surface area contributed by atoms with Crippen LogP contribution in [0.15, 0.2) is 18.2 Å². The van der Waals surface area contributed by atoms with Crippen molar-refractivity contribution in [3.8, 4) is 11.8 Å². The summed E-state index contributed by atoms with van der Waals surface area (Å²) in [6.07, 6.45) is 0. The number of carbonyl (C=O) groups is 1. The van der Waals surface area contributed by atoms with Crippen LogP contribution in [0.2, 0.25) is 5.02 Å². The Hall–Kier alpha value is -1.54. The van der Waals surface area contributed by atoms with Gasteiger partial charge in [0.2, 0.25) is 0 Å². The lowest BCUT2D eigenvalue weighted by Gasteiger charge is -2.22. The quantitative estimate of drug-likeness (QED) is 0.834. The first-order chi connectivity index (χ1) is 8.90. The number of methoxy groups -OCH3 is 1. The third-order valence-electron chi connectivity index (χ3n) is 2.58. The third kappa shape index (κ3) is 4.25. The molecular weight excluding hydrogens is 266 g/mol. The van der Waals surface area contributed by atoms with Gasteiger partial charge in [0.05, 0.1) is 10.7 Å². The maximum atomic E-state index is 12.0. The zero-order valence-corrected chi connectivity index (χ0v) is 11.8. The number of ether oxygens (including phenoxy) is 1. The molecule has 0 aromatic heterocycles. The van der Waals surface area contributed by atoms with Crippen LogP contribution in [-0.2, 0) is 9.53 Å². The minimum absolute atomic E-state index is 0.221. The molecule has 5 heteroatoms. The second-order valence-corrected chi connectivity index (χ2v) is 4.73. The fourth-order valence-electron chi connectivity index (χ4n) is 1.21. The molecule has 19 heavy (non-hydrogen) atoms. The van der Waals surface area contributed by atoms with Crippen LogP contribution >= 0.6 is 11.6 Å². The van der Waals surface area contributed by atoms with Gasteiger partial charge in [-0.05, 0) is 32.0 Å². The number of nitrogens with one attached hydrogen (secondary N) is 1. The van der Waals surface area contributed by atoms with Crippen LogP contribution in [0, 0.1) is 11.8 Å². The number of carbonyl (C=O) groups excluding carboxylic acids is 1. The molecule has 4 nitrogen and oxygen atoms in total. The Bertz CT molecular complexity index is 529. The van der Waals surface area contributed by atoms with E-state index in [1.807, 2.05) is 0 Å². The standard InChI is InChI=1S/C14H16ClNO3/c1-14(2,19-3)13(18)16-12-9-10(5-4-8-17)6-7-11(12)15/h6-7,9,17H,8H2,1-3H3,(H,16,18). The van der Waals surface area contributed by atoms with E-state index in [9.17, 15) is 4.79 Å². The Morgan fingerprint density at radius 1 is 1.53 bits per heavy atom. The summed E-state index contributed by atoms with van der Waals surface area (Å²) in [5.74, 6) is 4.98. The minimum Gasteiger partial charge on any atom is -0.384 e. The molecule has 0 atom stereocenters. The molecule has 2 N–H and O–H groups in total. The van der Waals surface area contributed by atoms with Gasteiger partial charge in [-0.25, -0.2) is 0 Å². The Morgan fingerprint density at radius 3 is 2.79 bits per heavy atom. The first-order valence-corrected chi connectivity index (χ1v) is 6.04. The maximum Gasteiger partial charge on any atom is 0.256 e. The molecule has 0 unspecified atom stereocenters. The highest BCUT2D eigenvalue weighted by atomic mass is 35.5. The summed E-state index contributed by atoms with van der Waals surface area (Å²) < 4.78 is 5.09. The molecule has 1 rings (SSSR count). The Morgan fingerprint density at radius 2 is 2.21 bits per heavy atom. The van der Waals surface area contributed by atoms with E-state index in [1.54, 1.807) is 32.0 Å². The van der Waals surface area contributed by atoms with Crippen molar-refractivity contribution in [3.05, 3.63) is 28.8 Å². The summed E-state index contributed by atoms with van der Waals surface area (Å²) >= 11 is 6.01. The SMILES string of the molecule is COC(C)(C)C(=O)Nc1cc(C#CCO)ccc1Cl. The van der Waals surface area contributed by atoms with Gasteiger partial charge >= 0.3 is 0 Å². The van der Waals surface area contributed by atoms with Gasteiger partial charge in [-0.3, -0.25) is 4.79 Å². The van der Waals surface area contributed by atoms with Crippen molar-refractivity contribution < 1.29 is 14.6 Å². The summed E-state index contributed by atoms with van der Waals surface area (Å²) in [7, 11) is 1.46. The fourth-order valence-corrected chi connectivity index (χ4v) is 1.37. The number of anilines is 1. The van der Waals surface area contributed by atoms with Gasteiger partial charge < -0.3 is 15.2 Å². The summed E-state index contributed by atoms with van der Waals surface area (Å²) in [4.78, 5) is 12.0. The zero-order valence-electron chi connectivity index (χ0n) is 11.1. The Kier molecular flexibility index (Phi) is 5.37. The molecule has 1 aromatic rings. The molecule has 0 spiro atoms. The first-order valence-electron chi connectivity index (χ1n) is 5.66. The molecule has 1 aromatic carbocycles. The molecule has 0 radical (unpaired) electrons. The highest BCUT2D eigenvalue weighted by Gasteiger charge is 2.27. The first kappa shape index (κ1) is 15.5. The molecule has 1 amide bonds. The number of rotatable bonds is 3. The van der Waals surface area contributed by atoms with Gasteiger partial charge in [0.15, 0.2) is 0 Å². The van der Waals surface area contributed by atoms with E-state index < -0.39 is 5.60 Å². The lowest BCUT2D eigenvalue weighted by Crippen LogP contribution is -2.38. The number of halogens is 1. The van der Waals surface area contributed by atoms with Crippen LogP contribution in [0.5, 0.6) is 0 Å². The molecule has 0 saturated carbocycles. The van der Waals surface area contributed by atoms with Gasteiger partial charge in [0.25, 0.3) is 5.91 Å². The summed E-state index contributed by atoms with van der Waals surface area (Å²) in [6, 6.07) is 5.00. The number of aliphatic hydroxyl groups is 1. The average Bonchev–Trinajstić information content (AvgIpc) is 2.39. The smallest absolute Gasteiger partial charge is 0.256 e. The zero-order chi connectivity index (χ0) is 14.5. The number of aliphatic hydroxyl groups excluding tert-OH is 1. The monoisotopic (exact) mass is 281 g/mol. The molecule has 0 bridgehead atoms. The van der Waals surface area contributed by atoms with E-state index in [4.69, 9.17) is 21.4 Å². The van der Waals surface area contributed by atoms with Gasteiger partial charge in [0, 0.05) is 12.7 Å². The molecular formula is C14H16ClNO3. The normalized spacial score (nSPS) is 10.6. The molecule has 0 fully saturated rings. The molecule has 0 aliphatic rings. The highest BCUT2D eigenvalue weighted by Crippen LogP contribution is 2.24. The van der Waals surface area contributed by atoms with Gasteiger partial charge in [-0.2, -0.15) is 0 Å². The third-order valence-corrected chi connectivity index (χ3v) is 2.91. The maximum absolute atomic E-state index is 12.0.